The first-order valence-corrected chi connectivity index (χ1v) is 11.4. The molecule has 4 rings (SSSR count). The zero-order chi connectivity index (χ0) is 22.2. The monoisotopic (exact) mass is 434 g/mol. The molecule has 0 radical (unpaired) electrons. The Morgan fingerprint density at radius 1 is 1.19 bits per heavy atom. The number of nitrogens with zero attached hydrogens (tertiary/aromatic N) is 5. The highest BCUT2D eigenvalue weighted by molar-refractivity contribution is 7.89. The third-order valence-electron chi connectivity index (χ3n) is 5.06. The van der Waals surface area contributed by atoms with Crippen LogP contribution in [0.25, 0.3) is 16.6 Å². The lowest BCUT2D eigenvalue weighted by Gasteiger charge is -2.09. The fourth-order valence-electron chi connectivity index (χ4n) is 3.65. The van der Waals surface area contributed by atoms with Gasteiger partial charge in [0.25, 0.3) is 0 Å². The summed E-state index contributed by atoms with van der Waals surface area (Å²) in [6.45, 7) is 5.92. The number of aryl methyl sites for hydroxylation is 4. The molecule has 4 aromatic rings. The number of aromatic nitrogens is 4. The maximum atomic E-state index is 12.9. The second kappa shape index (κ2) is 8.06. The van der Waals surface area contributed by atoms with Crippen molar-refractivity contribution in [2.75, 3.05) is 6.54 Å². The van der Waals surface area contributed by atoms with E-state index < -0.39 is 10.0 Å². The molecule has 8 nitrogen and oxygen atoms in total. The molecule has 0 aliphatic rings. The number of hydrogen-bond acceptors (Lipinski definition) is 6. The molecule has 31 heavy (non-hydrogen) atoms. The number of pyridine rings is 1. The van der Waals surface area contributed by atoms with E-state index in [9.17, 15) is 13.7 Å². The normalized spacial score (nSPS) is 11.8. The van der Waals surface area contributed by atoms with E-state index in [1.165, 1.54) is 0 Å². The van der Waals surface area contributed by atoms with Gasteiger partial charge in [-0.05, 0) is 57.4 Å². The Morgan fingerprint density at radius 3 is 2.77 bits per heavy atom. The SMILES string of the molecule is Cc1cnc2c(S(=O)(=O)NCCCc3nn4c(C)cc(C)nc4c3C#N)cccc2c1. The summed E-state index contributed by atoms with van der Waals surface area (Å²) in [5, 5.41) is 14.9. The van der Waals surface area contributed by atoms with Crippen molar-refractivity contribution < 1.29 is 8.42 Å². The highest BCUT2D eigenvalue weighted by Crippen LogP contribution is 2.22. The van der Waals surface area contributed by atoms with Gasteiger partial charge in [0.1, 0.15) is 16.5 Å². The van der Waals surface area contributed by atoms with E-state index >= 15 is 0 Å². The minimum Gasteiger partial charge on any atom is -0.255 e. The quantitative estimate of drug-likeness (QED) is 0.467. The zero-order valence-corrected chi connectivity index (χ0v) is 18.4. The Kier molecular flexibility index (Phi) is 5.43. The van der Waals surface area contributed by atoms with Crippen LogP contribution in [0.1, 0.15) is 34.6 Å². The van der Waals surface area contributed by atoms with Crippen molar-refractivity contribution in [2.45, 2.75) is 38.5 Å². The molecule has 158 valence electrons. The van der Waals surface area contributed by atoms with Crippen molar-refractivity contribution in [1.82, 2.24) is 24.3 Å². The van der Waals surface area contributed by atoms with Gasteiger partial charge in [0.15, 0.2) is 5.65 Å². The van der Waals surface area contributed by atoms with Gasteiger partial charge in [-0.1, -0.05) is 12.1 Å². The summed E-state index contributed by atoms with van der Waals surface area (Å²) < 4.78 is 30.0. The summed E-state index contributed by atoms with van der Waals surface area (Å²) in [5.74, 6) is 0. The lowest BCUT2D eigenvalue weighted by molar-refractivity contribution is 0.579. The summed E-state index contributed by atoms with van der Waals surface area (Å²) in [5.41, 5.74) is 4.71. The molecule has 0 bridgehead atoms. The number of benzene rings is 1. The molecule has 1 N–H and O–H groups in total. The first-order valence-electron chi connectivity index (χ1n) is 9.91. The van der Waals surface area contributed by atoms with Gasteiger partial charge in [-0.3, -0.25) is 4.98 Å². The van der Waals surface area contributed by atoms with E-state index in [4.69, 9.17) is 0 Å². The van der Waals surface area contributed by atoms with Crippen molar-refractivity contribution in [3.8, 4) is 6.07 Å². The highest BCUT2D eigenvalue weighted by atomic mass is 32.2. The predicted octanol–water partition coefficient (Wildman–Crippen LogP) is 2.99. The van der Waals surface area contributed by atoms with E-state index in [0.29, 0.717) is 35.3 Å². The van der Waals surface area contributed by atoms with Crippen LogP contribution in [0.4, 0.5) is 0 Å². The smallest absolute Gasteiger partial charge is 0.242 e. The molecule has 0 spiro atoms. The summed E-state index contributed by atoms with van der Waals surface area (Å²) in [4.78, 5) is 8.90. The molecule has 1 aromatic carbocycles. The van der Waals surface area contributed by atoms with Crippen LogP contribution in [-0.2, 0) is 16.4 Å². The highest BCUT2D eigenvalue weighted by Gasteiger charge is 2.19. The maximum absolute atomic E-state index is 12.9. The molecule has 9 heteroatoms. The topological polar surface area (TPSA) is 113 Å². The number of para-hydroxylation sites is 1. The van der Waals surface area contributed by atoms with Gasteiger partial charge in [0.05, 0.1) is 11.2 Å². The number of nitrogens with one attached hydrogen (secondary N) is 1. The fraction of sp³-hybridized carbons (Fsp3) is 0.273. The number of sulfonamides is 1. The zero-order valence-electron chi connectivity index (χ0n) is 17.5. The third kappa shape index (κ3) is 4.00. The average molecular weight is 435 g/mol. The number of nitriles is 1. The van der Waals surface area contributed by atoms with E-state index in [-0.39, 0.29) is 11.4 Å². The van der Waals surface area contributed by atoms with Crippen LogP contribution in [0, 0.1) is 32.1 Å². The van der Waals surface area contributed by atoms with E-state index in [1.54, 1.807) is 22.8 Å². The molecule has 0 saturated heterocycles. The summed E-state index contributed by atoms with van der Waals surface area (Å²) in [6, 6.07) is 11.1. The van der Waals surface area contributed by atoms with Crippen LogP contribution >= 0.6 is 0 Å². The molecular weight excluding hydrogens is 412 g/mol. The van der Waals surface area contributed by atoms with Crippen molar-refractivity contribution in [3.63, 3.8) is 0 Å². The molecule has 0 aliphatic carbocycles. The molecular formula is C22H22N6O2S. The second-order valence-corrected chi connectivity index (χ2v) is 9.29. The summed E-state index contributed by atoms with van der Waals surface area (Å²) >= 11 is 0. The Labute approximate surface area is 180 Å². The van der Waals surface area contributed by atoms with Gasteiger partial charge in [0.2, 0.25) is 10.0 Å². The number of fused-ring (bicyclic) bond motifs is 2. The molecule has 0 amide bonds. The number of hydrogen-bond donors (Lipinski definition) is 1. The predicted molar refractivity (Wildman–Crippen MR) is 117 cm³/mol. The molecule has 0 fully saturated rings. The van der Waals surface area contributed by atoms with Crippen LogP contribution in [-0.4, -0.2) is 34.5 Å². The van der Waals surface area contributed by atoms with E-state index in [0.717, 1.165) is 22.3 Å². The Hall–Kier alpha value is -3.35. The van der Waals surface area contributed by atoms with Gasteiger partial charge in [0, 0.05) is 29.5 Å². The van der Waals surface area contributed by atoms with Gasteiger partial charge >= 0.3 is 0 Å². The second-order valence-electron chi connectivity index (χ2n) is 7.55. The van der Waals surface area contributed by atoms with E-state index in [1.807, 2.05) is 39.0 Å². The molecule has 3 aromatic heterocycles. The Balaban J connectivity index is 1.51. The lowest BCUT2D eigenvalue weighted by atomic mass is 10.1. The first-order chi connectivity index (χ1) is 14.8. The van der Waals surface area contributed by atoms with Crippen LogP contribution in [0.5, 0.6) is 0 Å². The lowest BCUT2D eigenvalue weighted by Crippen LogP contribution is -2.25. The molecule has 0 unspecified atom stereocenters. The van der Waals surface area contributed by atoms with Crippen LogP contribution < -0.4 is 4.72 Å². The third-order valence-corrected chi connectivity index (χ3v) is 6.55. The Morgan fingerprint density at radius 2 is 2.00 bits per heavy atom. The minimum atomic E-state index is -3.72. The molecule has 3 heterocycles. The van der Waals surface area contributed by atoms with Gasteiger partial charge in [-0.15, -0.1) is 0 Å². The molecule has 0 saturated carbocycles. The minimum absolute atomic E-state index is 0.158. The summed E-state index contributed by atoms with van der Waals surface area (Å²) in [6.07, 6.45) is 2.61. The average Bonchev–Trinajstić information content (AvgIpc) is 3.08. The fourth-order valence-corrected chi connectivity index (χ4v) is 4.91. The van der Waals surface area contributed by atoms with Crippen LogP contribution in [0.15, 0.2) is 41.4 Å². The summed E-state index contributed by atoms with van der Waals surface area (Å²) in [7, 11) is -3.72. The molecule has 0 atom stereocenters. The van der Waals surface area contributed by atoms with Gasteiger partial charge in [-0.2, -0.15) is 10.4 Å². The molecule has 0 aliphatic heterocycles. The van der Waals surface area contributed by atoms with Crippen molar-refractivity contribution in [3.05, 3.63) is 64.7 Å². The van der Waals surface area contributed by atoms with Crippen molar-refractivity contribution in [2.24, 2.45) is 0 Å². The maximum Gasteiger partial charge on any atom is 0.242 e. The van der Waals surface area contributed by atoms with Crippen molar-refractivity contribution in [1.29, 1.82) is 5.26 Å². The van der Waals surface area contributed by atoms with E-state index in [2.05, 4.69) is 25.9 Å². The number of rotatable bonds is 6. The standard InChI is InChI=1S/C22H22N6O2S/c1-14-10-17-6-4-8-20(21(17)24-13-14)31(29,30)25-9-5-7-19-18(12-23)22-26-15(2)11-16(3)28(22)27-19/h4,6,8,10-11,13,25H,5,7,9H2,1-3H3. The van der Waals surface area contributed by atoms with Gasteiger partial charge < -0.3 is 0 Å². The van der Waals surface area contributed by atoms with Gasteiger partial charge in [-0.25, -0.2) is 22.6 Å². The van der Waals surface area contributed by atoms with Crippen LogP contribution in [0.3, 0.4) is 0 Å². The first kappa shape index (κ1) is 20.9. The Bertz CT molecular complexity index is 1450. The largest absolute Gasteiger partial charge is 0.255 e. The van der Waals surface area contributed by atoms with Crippen LogP contribution in [0.2, 0.25) is 0 Å². The van der Waals surface area contributed by atoms with Crippen molar-refractivity contribution >= 4 is 26.6 Å².